The number of rotatable bonds is 10. The van der Waals surface area contributed by atoms with E-state index in [0.717, 1.165) is 12.8 Å². The highest BCUT2D eigenvalue weighted by atomic mass is 32.2. The number of nitrogens with two attached hydrogens (primary N) is 1. The molecule has 0 spiro atoms. The summed E-state index contributed by atoms with van der Waals surface area (Å²) >= 11 is -1.23. The van der Waals surface area contributed by atoms with Crippen molar-refractivity contribution in [1.29, 1.82) is 0 Å². The second-order valence-corrected chi connectivity index (χ2v) is 13.2. The van der Waals surface area contributed by atoms with Crippen LogP contribution in [0.15, 0.2) is 0 Å². The van der Waals surface area contributed by atoms with Gasteiger partial charge in [0, 0.05) is 6.26 Å². The zero-order chi connectivity index (χ0) is 17.6. The van der Waals surface area contributed by atoms with Crippen LogP contribution in [0.1, 0.15) is 47.0 Å². The molecule has 0 saturated carbocycles. The van der Waals surface area contributed by atoms with E-state index in [2.05, 4.69) is 40.8 Å². The van der Waals surface area contributed by atoms with Gasteiger partial charge in [0.25, 0.3) is 0 Å². The minimum atomic E-state index is -1.95. The van der Waals surface area contributed by atoms with Gasteiger partial charge >= 0.3 is 0 Å². The second kappa shape index (κ2) is 9.15. The van der Waals surface area contributed by atoms with Gasteiger partial charge < -0.3 is 10.2 Å². The third kappa shape index (κ3) is 8.41. The fourth-order valence-corrected chi connectivity index (χ4v) is 3.66. The Morgan fingerprint density at radius 2 is 1.86 bits per heavy atom. The van der Waals surface area contributed by atoms with Crippen LogP contribution in [-0.2, 0) is 24.5 Å². The van der Waals surface area contributed by atoms with Gasteiger partial charge in [-0.15, -0.1) is 0 Å². The second-order valence-electron chi connectivity index (χ2n) is 7.43. The first-order valence-corrected chi connectivity index (χ1v) is 12.2. The van der Waals surface area contributed by atoms with Crippen molar-refractivity contribution >= 4 is 25.3 Å². The van der Waals surface area contributed by atoms with Crippen LogP contribution in [0.3, 0.4) is 0 Å². The third-order valence-corrected chi connectivity index (χ3v) is 9.35. The molecule has 3 atom stereocenters. The Kier molecular flexibility index (Phi) is 9.05. The molecule has 1 unspecified atom stereocenters. The summed E-state index contributed by atoms with van der Waals surface area (Å²) in [6.45, 7) is 13.4. The Balaban J connectivity index is 4.69. The monoisotopic (exact) mass is 351 g/mol. The van der Waals surface area contributed by atoms with Gasteiger partial charge in [-0.25, -0.2) is 4.21 Å². The SMILES string of the molecule is C[C@H](CCCOS(C)=O)[C@H](CC(N)=O)O[Si](C)(C)C(C)(C)C. The van der Waals surface area contributed by atoms with Crippen molar-refractivity contribution in [3.05, 3.63) is 0 Å². The predicted molar refractivity (Wildman–Crippen MR) is 94.3 cm³/mol. The Hall–Kier alpha value is -0.243. The molecule has 0 aliphatic carbocycles. The maximum Gasteiger partial charge on any atom is 0.219 e. The van der Waals surface area contributed by atoms with Crippen LogP contribution in [0, 0.1) is 5.92 Å². The molecule has 0 aliphatic heterocycles. The molecule has 1 amide bonds. The van der Waals surface area contributed by atoms with Crippen LogP contribution in [0.2, 0.25) is 18.1 Å². The number of primary amides is 1. The average Bonchev–Trinajstić information content (AvgIpc) is 2.30. The van der Waals surface area contributed by atoms with Gasteiger partial charge in [0.15, 0.2) is 19.4 Å². The summed E-state index contributed by atoms with van der Waals surface area (Å²) in [6.07, 6.45) is 3.24. The van der Waals surface area contributed by atoms with E-state index < -0.39 is 19.4 Å². The number of hydrogen-bond acceptors (Lipinski definition) is 4. The number of hydrogen-bond donors (Lipinski definition) is 1. The predicted octanol–water partition coefficient (Wildman–Crippen LogP) is 2.98. The Labute approximate surface area is 139 Å². The van der Waals surface area contributed by atoms with Crippen molar-refractivity contribution < 1.29 is 17.6 Å². The van der Waals surface area contributed by atoms with Crippen LogP contribution >= 0.6 is 0 Å². The number of amides is 1. The standard InChI is InChI=1S/C15H33NO4SSi/c1-12(9-8-10-19-21(5)18)13(11-14(16)17)20-22(6,7)15(2,3)4/h12-13H,8-11H2,1-7H3,(H2,16,17)/t12-,13+,21?/m1/s1. The van der Waals surface area contributed by atoms with Crippen LogP contribution in [0.5, 0.6) is 0 Å². The molecule has 0 bridgehead atoms. The molecule has 0 fully saturated rings. The fraction of sp³-hybridized carbons (Fsp3) is 0.933. The van der Waals surface area contributed by atoms with E-state index in [1.54, 1.807) is 0 Å². The molecule has 0 rings (SSSR count). The summed E-state index contributed by atoms with van der Waals surface area (Å²) in [4.78, 5) is 11.4. The lowest BCUT2D eigenvalue weighted by Gasteiger charge is -2.40. The van der Waals surface area contributed by atoms with Crippen LogP contribution < -0.4 is 5.73 Å². The topological polar surface area (TPSA) is 78.6 Å². The van der Waals surface area contributed by atoms with E-state index in [0.29, 0.717) is 6.61 Å². The van der Waals surface area contributed by atoms with Crippen molar-refractivity contribution in [2.75, 3.05) is 12.9 Å². The normalized spacial score (nSPS) is 17.0. The molecule has 22 heavy (non-hydrogen) atoms. The smallest absolute Gasteiger partial charge is 0.219 e. The number of carbonyl (C=O) groups is 1. The highest BCUT2D eigenvalue weighted by Gasteiger charge is 2.40. The Morgan fingerprint density at radius 1 is 1.32 bits per heavy atom. The van der Waals surface area contributed by atoms with E-state index in [9.17, 15) is 9.00 Å². The summed E-state index contributed by atoms with van der Waals surface area (Å²) in [6, 6.07) is 0. The lowest BCUT2D eigenvalue weighted by molar-refractivity contribution is -0.120. The first-order chi connectivity index (χ1) is 9.86. The van der Waals surface area contributed by atoms with Crippen molar-refractivity contribution in [2.24, 2.45) is 11.7 Å². The first kappa shape index (κ1) is 21.8. The minimum Gasteiger partial charge on any atom is -0.413 e. The minimum absolute atomic E-state index is 0.0881. The zero-order valence-electron chi connectivity index (χ0n) is 15.1. The molecule has 2 N–H and O–H groups in total. The van der Waals surface area contributed by atoms with Crippen LogP contribution in [0.25, 0.3) is 0 Å². The summed E-state index contributed by atoms with van der Waals surface area (Å²) in [7, 11) is -1.95. The molecule has 0 heterocycles. The average molecular weight is 352 g/mol. The van der Waals surface area contributed by atoms with Crippen molar-refractivity contribution in [1.82, 2.24) is 0 Å². The molecule has 132 valence electrons. The maximum atomic E-state index is 11.4. The third-order valence-electron chi connectivity index (χ3n) is 4.34. The molecule has 0 saturated heterocycles. The number of carbonyl (C=O) groups excluding carboxylic acids is 1. The fourth-order valence-electron chi connectivity index (χ4n) is 1.88. The highest BCUT2D eigenvalue weighted by molar-refractivity contribution is 7.79. The molecule has 0 aliphatic rings. The van der Waals surface area contributed by atoms with Gasteiger partial charge in [0.2, 0.25) is 5.91 Å². The summed E-state index contributed by atoms with van der Waals surface area (Å²) in [5.41, 5.74) is 5.39. The molecule has 0 radical (unpaired) electrons. The molecule has 0 aromatic rings. The lowest BCUT2D eigenvalue weighted by Crippen LogP contribution is -2.46. The molecular formula is C15H33NO4SSi. The quantitative estimate of drug-likeness (QED) is 0.485. The maximum absolute atomic E-state index is 11.4. The Bertz CT molecular complexity index is 382. The molecule has 0 aromatic carbocycles. The molecule has 7 heteroatoms. The molecule has 5 nitrogen and oxygen atoms in total. The summed E-state index contributed by atoms with van der Waals surface area (Å²) in [5.74, 6) is -0.128. The van der Waals surface area contributed by atoms with E-state index in [1.165, 1.54) is 6.26 Å². The zero-order valence-corrected chi connectivity index (χ0v) is 16.9. The lowest BCUT2D eigenvalue weighted by atomic mass is 9.97. The van der Waals surface area contributed by atoms with Crippen molar-refractivity contribution in [2.45, 2.75) is 71.2 Å². The van der Waals surface area contributed by atoms with Gasteiger partial charge in [-0.1, -0.05) is 27.7 Å². The summed E-state index contributed by atoms with van der Waals surface area (Å²) in [5, 5.41) is 0.0881. The molecule has 0 aromatic heterocycles. The van der Waals surface area contributed by atoms with E-state index in [-0.39, 0.29) is 29.4 Å². The van der Waals surface area contributed by atoms with Crippen LogP contribution in [0.4, 0.5) is 0 Å². The van der Waals surface area contributed by atoms with Crippen molar-refractivity contribution in [3.8, 4) is 0 Å². The van der Waals surface area contributed by atoms with E-state index in [4.69, 9.17) is 14.3 Å². The van der Waals surface area contributed by atoms with Gasteiger partial charge in [0.05, 0.1) is 19.1 Å². The van der Waals surface area contributed by atoms with Crippen molar-refractivity contribution in [3.63, 3.8) is 0 Å². The van der Waals surface area contributed by atoms with Gasteiger partial charge in [-0.05, 0) is 36.9 Å². The largest absolute Gasteiger partial charge is 0.413 e. The summed E-state index contributed by atoms with van der Waals surface area (Å²) < 4.78 is 22.3. The molecular weight excluding hydrogens is 318 g/mol. The first-order valence-electron chi connectivity index (χ1n) is 7.79. The van der Waals surface area contributed by atoms with Gasteiger partial charge in [-0.3, -0.25) is 8.98 Å². The van der Waals surface area contributed by atoms with Gasteiger partial charge in [0.1, 0.15) is 0 Å². The van der Waals surface area contributed by atoms with E-state index >= 15 is 0 Å². The van der Waals surface area contributed by atoms with E-state index in [1.807, 2.05) is 0 Å². The highest BCUT2D eigenvalue weighted by Crippen LogP contribution is 2.38. The van der Waals surface area contributed by atoms with Crippen LogP contribution in [-0.4, -0.2) is 37.4 Å². The van der Waals surface area contributed by atoms with Gasteiger partial charge in [-0.2, -0.15) is 0 Å². The Morgan fingerprint density at radius 3 is 2.27 bits per heavy atom.